The van der Waals surface area contributed by atoms with E-state index in [0.717, 1.165) is 14.7 Å². The number of nitrogens with one attached hydrogen (secondary N) is 1. The molecule has 2 aromatic rings. The van der Waals surface area contributed by atoms with Crippen molar-refractivity contribution in [2.75, 3.05) is 5.32 Å². The first-order valence-electron chi connectivity index (χ1n) is 5.18. The molecule has 0 spiro atoms. The zero-order valence-electron chi connectivity index (χ0n) is 9.41. The Labute approximate surface area is 120 Å². The van der Waals surface area contributed by atoms with Gasteiger partial charge >= 0.3 is 5.97 Å². The van der Waals surface area contributed by atoms with Gasteiger partial charge in [0.25, 0.3) is 0 Å². The lowest BCUT2D eigenvalue weighted by Gasteiger charge is -2.08. The van der Waals surface area contributed by atoms with Crippen LogP contribution in [0.3, 0.4) is 0 Å². The molecule has 2 rings (SSSR count). The first kappa shape index (κ1) is 14.0. The molecule has 1 aromatic carbocycles. The monoisotopic (exact) mass is 347 g/mol. The third-order valence-corrected chi connectivity index (χ3v) is 3.99. The van der Waals surface area contributed by atoms with Crippen molar-refractivity contribution in [3.05, 3.63) is 50.1 Å². The lowest BCUT2D eigenvalue weighted by atomic mass is 10.2. The summed E-state index contributed by atoms with van der Waals surface area (Å²) in [4.78, 5) is 11.7. The zero-order chi connectivity index (χ0) is 14.0. The van der Waals surface area contributed by atoms with Crippen molar-refractivity contribution in [2.24, 2.45) is 0 Å². The molecule has 0 unspecified atom stereocenters. The molecule has 0 saturated heterocycles. The third-order valence-electron chi connectivity index (χ3n) is 2.37. The number of carboxylic acid groups (broad SMARTS) is 1. The second kappa shape index (κ2) is 5.66. The molecule has 0 radical (unpaired) electrons. The van der Waals surface area contributed by atoms with Crippen molar-refractivity contribution in [3.63, 3.8) is 0 Å². The fourth-order valence-corrected chi connectivity index (χ4v) is 2.90. The number of carbonyl (C=O) groups is 1. The van der Waals surface area contributed by atoms with E-state index < -0.39 is 23.2 Å². The highest BCUT2D eigenvalue weighted by atomic mass is 79.9. The predicted molar refractivity (Wildman–Crippen MR) is 72.7 cm³/mol. The zero-order valence-corrected chi connectivity index (χ0v) is 11.8. The minimum absolute atomic E-state index is 0.0386. The SMILES string of the molecule is O=C(O)c1cc(NCc2ccc(Br)s2)c(F)cc1F. The first-order chi connectivity index (χ1) is 8.97. The highest BCUT2D eigenvalue weighted by molar-refractivity contribution is 9.11. The Hall–Kier alpha value is -1.47. The van der Waals surface area contributed by atoms with Gasteiger partial charge in [0.1, 0.15) is 11.6 Å². The summed E-state index contributed by atoms with van der Waals surface area (Å²) in [5, 5.41) is 11.5. The Bertz CT molecular complexity index is 630. The summed E-state index contributed by atoms with van der Waals surface area (Å²) in [5.74, 6) is -3.34. The third kappa shape index (κ3) is 3.30. The maximum Gasteiger partial charge on any atom is 0.338 e. The number of aromatic carboxylic acids is 1. The minimum Gasteiger partial charge on any atom is -0.478 e. The molecule has 0 bridgehead atoms. The van der Waals surface area contributed by atoms with Crippen LogP contribution < -0.4 is 5.32 Å². The molecular weight excluding hydrogens is 340 g/mol. The number of thiophene rings is 1. The Kier molecular flexibility index (Phi) is 4.16. The van der Waals surface area contributed by atoms with Crippen LogP contribution in [0.1, 0.15) is 15.2 Å². The molecule has 0 aliphatic carbocycles. The molecule has 0 atom stereocenters. The van der Waals surface area contributed by atoms with Gasteiger partial charge in [-0.25, -0.2) is 13.6 Å². The lowest BCUT2D eigenvalue weighted by Crippen LogP contribution is -2.06. The highest BCUT2D eigenvalue weighted by Crippen LogP contribution is 2.24. The molecule has 100 valence electrons. The van der Waals surface area contributed by atoms with Crippen LogP contribution in [0.4, 0.5) is 14.5 Å². The molecule has 0 fully saturated rings. The van der Waals surface area contributed by atoms with Crippen LogP contribution in [-0.2, 0) is 6.54 Å². The van der Waals surface area contributed by atoms with Gasteiger partial charge in [-0.1, -0.05) is 0 Å². The Morgan fingerprint density at radius 1 is 1.32 bits per heavy atom. The van der Waals surface area contributed by atoms with E-state index >= 15 is 0 Å². The second-order valence-corrected chi connectivity index (χ2v) is 6.22. The van der Waals surface area contributed by atoms with Gasteiger partial charge < -0.3 is 10.4 Å². The Balaban J connectivity index is 2.20. The van der Waals surface area contributed by atoms with Crippen molar-refractivity contribution in [1.29, 1.82) is 0 Å². The van der Waals surface area contributed by atoms with Crippen LogP contribution in [-0.4, -0.2) is 11.1 Å². The van der Waals surface area contributed by atoms with Crippen molar-refractivity contribution in [3.8, 4) is 0 Å². The standard InChI is InChI=1S/C12H8BrF2NO2S/c13-11-2-1-6(19-11)5-16-10-3-7(12(17)18)8(14)4-9(10)15/h1-4,16H,5H2,(H,17,18). The van der Waals surface area contributed by atoms with Gasteiger partial charge in [0, 0.05) is 17.5 Å². The molecule has 0 aliphatic rings. The quantitative estimate of drug-likeness (QED) is 0.875. The van der Waals surface area contributed by atoms with Crippen LogP contribution in [0.25, 0.3) is 0 Å². The lowest BCUT2D eigenvalue weighted by molar-refractivity contribution is 0.0692. The molecule has 1 heterocycles. The van der Waals surface area contributed by atoms with Crippen molar-refractivity contribution >= 4 is 38.9 Å². The molecule has 7 heteroatoms. The number of hydrogen-bond donors (Lipinski definition) is 2. The number of rotatable bonds is 4. The number of anilines is 1. The number of benzene rings is 1. The molecular formula is C12H8BrF2NO2S. The van der Waals surface area contributed by atoms with E-state index in [9.17, 15) is 13.6 Å². The maximum absolute atomic E-state index is 13.5. The normalized spacial score (nSPS) is 10.5. The fraction of sp³-hybridized carbons (Fsp3) is 0.0833. The summed E-state index contributed by atoms with van der Waals surface area (Å²) >= 11 is 4.77. The van der Waals surface area contributed by atoms with E-state index in [1.165, 1.54) is 11.3 Å². The second-order valence-electron chi connectivity index (χ2n) is 3.68. The van der Waals surface area contributed by atoms with Crippen LogP contribution in [0.15, 0.2) is 28.1 Å². The van der Waals surface area contributed by atoms with Crippen LogP contribution in [0.5, 0.6) is 0 Å². The predicted octanol–water partition coefficient (Wildman–Crippen LogP) is 4.10. The van der Waals surface area contributed by atoms with Gasteiger partial charge in [0.05, 0.1) is 15.0 Å². The van der Waals surface area contributed by atoms with Crippen LogP contribution in [0.2, 0.25) is 0 Å². The molecule has 0 saturated carbocycles. The molecule has 0 amide bonds. The van der Waals surface area contributed by atoms with E-state index in [4.69, 9.17) is 5.11 Å². The number of halogens is 3. The van der Waals surface area contributed by atoms with Crippen LogP contribution in [0, 0.1) is 11.6 Å². The average Bonchev–Trinajstić information content (AvgIpc) is 2.73. The summed E-state index contributed by atoms with van der Waals surface area (Å²) in [6.07, 6.45) is 0. The highest BCUT2D eigenvalue weighted by Gasteiger charge is 2.15. The molecule has 3 nitrogen and oxygen atoms in total. The summed E-state index contributed by atoms with van der Waals surface area (Å²) in [5.41, 5.74) is -0.598. The molecule has 1 aromatic heterocycles. The van der Waals surface area contributed by atoms with E-state index in [-0.39, 0.29) is 5.69 Å². The van der Waals surface area contributed by atoms with Gasteiger partial charge in [-0.3, -0.25) is 0 Å². The maximum atomic E-state index is 13.5. The Morgan fingerprint density at radius 3 is 2.63 bits per heavy atom. The van der Waals surface area contributed by atoms with Crippen molar-refractivity contribution < 1.29 is 18.7 Å². The molecule has 0 aliphatic heterocycles. The average molecular weight is 348 g/mol. The molecule has 2 N–H and O–H groups in total. The van der Waals surface area contributed by atoms with Gasteiger partial charge in [-0.2, -0.15) is 0 Å². The summed E-state index contributed by atoms with van der Waals surface area (Å²) in [6.45, 7) is 0.331. The smallest absolute Gasteiger partial charge is 0.338 e. The van der Waals surface area contributed by atoms with E-state index in [2.05, 4.69) is 21.2 Å². The molecule has 19 heavy (non-hydrogen) atoms. The first-order valence-corrected chi connectivity index (χ1v) is 6.78. The van der Waals surface area contributed by atoms with Gasteiger partial charge in [-0.15, -0.1) is 11.3 Å². The fourth-order valence-electron chi connectivity index (χ4n) is 1.48. The minimum atomic E-state index is -1.43. The Morgan fingerprint density at radius 2 is 2.05 bits per heavy atom. The largest absolute Gasteiger partial charge is 0.478 e. The van der Waals surface area contributed by atoms with Crippen molar-refractivity contribution in [2.45, 2.75) is 6.54 Å². The van der Waals surface area contributed by atoms with Gasteiger partial charge in [-0.05, 0) is 34.1 Å². The van der Waals surface area contributed by atoms with E-state index in [1.54, 1.807) is 0 Å². The van der Waals surface area contributed by atoms with Crippen LogP contribution >= 0.6 is 27.3 Å². The van der Waals surface area contributed by atoms with Gasteiger partial charge in [0.15, 0.2) is 0 Å². The van der Waals surface area contributed by atoms with E-state index in [1.807, 2.05) is 12.1 Å². The summed E-state index contributed by atoms with van der Waals surface area (Å²) < 4.78 is 27.6. The van der Waals surface area contributed by atoms with Crippen molar-refractivity contribution in [1.82, 2.24) is 0 Å². The van der Waals surface area contributed by atoms with Gasteiger partial charge in [0.2, 0.25) is 0 Å². The summed E-state index contributed by atoms with van der Waals surface area (Å²) in [7, 11) is 0. The van der Waals surface area contributed by atoms with E-state index in [0.29, 0.717) is 12.6 Å². The number of hydrogen-bond acceptors (Lipinski definition) is 3. The topological polar surface area (TPSA) is 49.3 Å². The summed E-state index contributed by atoms with van der Waals surface area (Å²) in [6, 6.07) is 5.22. The number of carboxylic acids is 1.